The van der Waals surface area contributed by atoms with Crippen LogP contribution < -0.4 is 0 Å². The second kappa shape index (κ2) is 4.35. The van der Waals surface area contributed by atoms with Gasteiger partial charge in [0.15, 0.2) is 0 Å². The maximum absolute atomic E-state index is 8.98. The fourth-order valence-corrected chi connectivity index (χ4v) is 0.534. The molecule has 0 heterocycles. The molecule has 0 atom stereocenters. The summed E-state index contributed by atoms with van der Waals surface area (Å²) in [5.41, 5.74) is 0. The molecular weight excluding hydrogens is 172 g/mol. The van der Waals surface area contributed by atoms with Crippen LogP contribution in [0.25, 0.3) is 0 Å². The van der Waals surface area contributed by atoms with E-state index in [0.29, 0.717) is 0 Å². The molecule has 0 spiro atoms. The van der Waals surface area contributed by atoms with Crippen LogP contribution in [-0.4, -0.2) is 33.0 Å². The van der Waals surface area contributed by atoms with Crippen molar-refractivity contribution in [2.75, 3.05) is 6.61 Å². The zero-order chi connectivity index (χ0) is 8.04. The van der Waals surface area contributed by atoms with Crippen molar-refractivity contribution in [2.24, 2.45) is 9.98 Å². The van der Waals surface area contributed by atoms with Crippen LogP contribution in [0.1, 0.15) is 0 Å². The Balaban J connectivity index is 4.52. The van der Waals surface area contributed by atoms with Gasteiger partial charge in [0.05, 0.1) is 10.3 Å². The lowest BCUT2D eigenvalue weighted by Gasteiger charge is -2.09. The summed E-state index contributed by atoms with van der Waals surface area (Å²) in [6, 6.07) is 0. The summed E-state index contributed by atoms with van der Waals surface area (Å²) in [5.74, 6) is -1.98. The minimum absolute atomic E-state index is 0.694. The predicted molar refractivity (Wildman–Crippen MR) is 42.1 cm³/mol. The van der Waals surface area contributed by atoms with Crippen LogP contribution in [0.15, 0.2) is 9.98 Å². The number of aliphatic imine (C=N–C) groups is 2. The Morgan fingerprint density at radius 1 is 1.30 bits per heavy atom. The van der Waals surface area contributed by atoms with E-state index in [9.17, 15) is 0 Å². The molecule has 0 rings (SSSR count). The fourth-order valence-electron chi connectivity index (χ4n) is 0.242. The van der Waals surface area contributed by atoms with Gasteiger partial charge in [0, 0.05) is 0 Å². The molecule has 2 N–H and O–H groups in total. The van der Waals surface area contributed by atoms with E-state index in [4.69, 9.17) is 10.2 Å². The van der Waals surface area contributed by atoms with Gasteiger partial charge in [0.25, 0.3) is 5.85 Å². The number of thiocarbonyl (C=S) groups is 2. The van der Waals surface area contributed by atoms with Crippen LogP contribution >= 0.6 is 24.4 Å². The Kier molecular flexibility index (Phi) is 4.14. The molecule has 0 aliphatic carbocycles. The Morgan fingerprint density at radius 2 is 1.70 bits per heavy atom. The number of aliphatic hydroxyl groups excluding tert-OH is 1. The molecule has 6 heteroatoms. The third-order valence-corrected chi connectivity index (χ3v) is 0.844. The number of aliphatic hydroxyl groups is 2. The molecule has 0 bridgehead atoms. The Morgan fingerprint density at radius 3 is 1.90 bits per heavy atom. The smallest absolute Gasteiger partial charge is 0.295 e. The first kappa shape index (κ1) is 9.52. The molecule has 0 amide bonds. The average molecular weight is 176 g/mol. The molecular formula is C4H4N2O2S2. The summed E-state index contributed by atoms with van der Waals surface area (Å²) >= 11 is 8.34. The van der Waals surface area contributed by atoms with E-state index in [2.05, 4.69) is 34.4 Å². The molecule has 0 aromatic heterocycles. The first-order valence-corrected chi connectivity index (χ1v) is 3.01. The van der Waals surface area contributed by atoms with Gasteiger partial charge in [0.2, 0.25) is 0 Å². The summed E-state index contributed by atoms with van der Waals surface area (Å²) in [7, 11) is 0. The molecule has 0 aromatic carbocycles. The Bertz CT molecular complexity index is 187. The van der Waals surface area contributed by atoms with Gasteiger partial charge in [-0.25, -0.2) is 0 Å². The topological polar surface area (TPSA) is 65.2 Å². The highest BCUT2D eigenvalue weighted by Crippen LogP contribution is 2.04. The lowest BCUT2D eigenvalue weighted by atomic mass is 10.5. The average Bonchev–Trinajstić information content (AvgIpc) is 1.89. The van der Waals surface area contributed by atoms with Crippen LogP contribution in [0, 0.1) is 0 Å². The molecule has 0 fully saturated rings. The van der Waals surface area contributed by atoms with Crippen molar-refractivity contribution in [3.63, 3.8) is 0 Å². The van der Waals surface area contributed by atoms with Crippen molar-refractivity contribution in [3.05, 3.63) is 0 Å². The zero-order valence-electron chi connectivity index (χ0n) is 4.81. The third kappa shape index (κ3) is 2.89. The van der Waals surface area contributed by atoms with E-state index in [0.717, 1.165) is 0 Å². The zero-order valence-corrected chi connectivity index (χ0v) is 6.45. The quantitative estimate of drug-likeness (QED) is 0.463. The van der Waals surface area contributed by atoms with E-state index in [1.54, 1.807) is 0 Å². The van der Waals surface area contributed by atoms with Crippen LogP contribution in [0.3, 0.4) is 0 Å². The van der Waals surface area contributed by atoms with Crippen molar-refractivity contribution < 1.29 is 10.2 Å². The van der Waals surface area contributed by atoms with Gasteiger partial charge in [-0.1, -0.05) is 0 Å². The van der Waals surface area contributed by atoms with Crippen molar-refractivity contribution in [2.45, 2.75) is 5.85 Å². The van der Waals surface area contributed by atoms with E-state index < -0.39 is 12.5 Å². The van der Waals surface area contributed by atoms with Gasteiger partial charge in [-0.15, -0.1) is 0 Å². The maximum atomic E-state index is 8.98. The van der Waals surface area contributed by atoms with Crippen molar-refractivity contribution in [1.82, 2.24) is 0 Å². The van der Waals surface area contributed by atoms with E-state index in [1.807, 2.05) is 10.3 Å². The molecule has 0 saturated carbocycles. The number of rotatable bonds is 3. The molecule has 10 heavy (non-hydrogen) atoms. The minimum atomic E-state index is -1.98. The molecule has 4 nitrogen and oxygen atoms in total. The second-order valence-corrected chi connectivity index (χ2v) is 1.70. The predicted octanol–water partition coefficient (Wildman–Crippen LogP) is -0.170. The summed E-state index contributed by atoms with van der Waals surface area (Å²) in [6.07, 6.45) is 0. The van der Waals surface area contributed by atoms with Gasteiger partial charge in [0.1, 0.15) is 6.61 Å². The van der Waals surface area contributed by atoms with E-state index in [-0.39, 0.29) is 0 Å². The van der Waals surface area contributed by atoms with Crippen molar-refractivity contribution >= 4 is 34.8 Å². The van der Waals surface area contributed by atoms with Gasteiger partial charge < -0.3 is 10.2 Å². The molecule has 0 saturated heterocycles. The normalized spacial score (nSPS) is 14.2. The van der Waals surface area contributed by atoms with Crippen molar-refractivity contribution in [3.8, 4) is 0 Å². The minimum Gasteiger partial charge on any atom is -0.389 e. The monoisotopic (exact) mass is 176 g/mol. The summed E-state index contributed by atoms with van der Waals surface area (Å²) < 4.78 is 0. The number of hydrogen-bond donors (Lipinski definition) is 2. The summed E-state index contributed by atoms with van der Waals surface area (Å²) in [4.78, 5) is 6.28. The Hall–Kier alpha value is -0.480. The summed E-state index contributed by atoms with van der Waals surface area (Å²) in [5, 5.41) is 21.1. The largest absolute Gasteiger partial charge is 0.389 e. The van der Waals surface area contributed by atoms with Crippen LogP contribution in [0.5, 0.6) is 0 Å². The molecule has 0 unspecified atom stereocenters. The highest BCUT2D eigenvalue weighted by atomic mass is 32.1. The number of nitrogens with zero attached hydrogens (tertiary/aromatic N) is 2. The standard InChI is InChI=1S/C4H4N2O2S2/c7-1-4(8,5-2-9)6-3-10/h7-8H,1H2. The van der Waals surface area contributed by atoms with E-state index in [1.165, 1.54) is 0 Å². The lowest BCUT2D eigenvalue weighted by Crippen LogP contribution is -2.27. The van der Waals surface area contributed by atoms with Crippen molar-refractivity contribution in [1.29, 1.82) is 0 Å². The first-order chi connectivity index (χ1) is 4.68. The third-order valence-electron chi connectivity index (χ3n) is 0.662. The van der Waals surface area contributed by atoms with Crippen LogP contribution in [0.2, 0.25) is 0 Å². The summed E-state index contributed by atoms with van der Waals surface area (Å²) in [6.45, 7) is -0.694. The number of hydrogen-bond acceptors (Lipinski definition) is 6. The lowest BCUT2D eigenvalue weighted by molar-refractivity contribution is 0.00287. The Labute approximate surface area is 67.9 Å². The molecule has 0 aliphatic heterocycles. The highest BCUT2D eigenvalue weighted by molar-refractivity contribution is 7.78. The SMILES string of the molecule is OCC(O)(N=C=S)N=C=S. The molecule has 0 aromatic rings. The van der Waals surface area contributed by atoms with Gasteiger partial charge in [-0.3, -0.25) is 0 Å². The first-order valence-electron chi connectivity index (χ1n) is 2.20. The van der Waals surface area contributed by atoms with Gasteiger partial charge >= 0.3 is 0 Å². The maximum Gasteiger partial charge on any atom is 0.295 e. The van der Waals surface area contributed by atoms with E-state index >= 15 is 0 Å². The molecule has 0 radical (unpaired) electrons. The van der Waals surface area contributed by atoms with Crippen LogP contribution in [-0.2, 0) is 0 Å². The molecule has 0 aliphatic rings. The van der Waals surface area contributed by atoms with Crippen LogP contribution in [0.4, 0.5) is 0 Å². The van der Waals surface area contributed by atoms with Gasteiger partial charge in [-0.05, 0) is 24.4 Å². The highest BCUT2D eigenvalue weighted by Gasteiger charge is 2.22. The molecule has 54 valence electrons. The second-order valence-electron chi connectivity index (χ2n) is 1.34. The fraction of sp³-hybridized carbons (Fsp3) is 0.500. The van der Waals surface area contributed by atoms with Gasteiger partial charge in [-0.2, -0.15) is 9.98 Å². The number of isothiocyanates is 2.